The SMILES string of the molecule is CCN(CC)C1CCC(Nc2c(C(C)=O)cnc3ccc(-c4ccc(C)c(Cl)c4)cc23)CC1. The number of carbonyl (C=O) groups is 1. The molecule has 4 rings (SSSR count). The fourth-order valence-electron chi connectivity index (χ4n) is 5.10. The third kappa shape index (κ3) is 5.07. The van der Waals surface area contributed by atoms with Crippen molar-refractivity contribution < 1.29 is 4.79 Å². The van der Waals surface area contributed by atoms with Crippen LogP contribution in [-0.2, 0) is 0 Å². The van der Waals surface area contributed by atoms with Crippen LogP contribution in [-0.4, -0.2) is 40.8 Å². The summed E-state index contributed by atoms with van der Waals surface area (Å²) in [5.74, 6) is 0.0347. The van der Waals surface area contributed by atoms with Gasteiger partial charge in [-0.1, -0.05) is 43.6 Å². The van der Waals surface area contributed by atoms with Crippen LogP contribution in [0.25, 0.3) is 22.0 Å². The van der Waals surface area contributed by atoms with E-state index in [4.69, 9.17) is 11.6 Å². The molecule has 2 aromatic carbocycles. The van der Waals surface area contributed by atoms with Gasteiger partial charge in [0.2, 0.25) is 0 Å². The third-order valence-electron chi connectivity index (χ3n) is 7.13. The van der Waals surface area contributed by atoms with Crippen molar-refractivity contribution in [1.29, 1.82) is 0 Å². The molecule has 0 amide bonds. The topological polar surface area (TPSA) is 45.2 Å². The Balaban J connectivity index is 1.67. The maximum absolute atomic E-state index is 12.5. The van der Waals surface area contributed by atoms with Crippen molar-refractivity contribution in [2.45, 2.75) is 65.5 Å². The Bertz CT molecular complexity index is 1150. The molecule has 0 unspecified atom stereocenters. The lowest BCUT2D eigenvalue weighted by molar-refractivity contribution is 0.101. The lowest BCUT2D eigenvalue weighted by Crippen LogP contribution is -2.40. The molecule has 0 spiro atoms. The minimum atomic E-state index is 0.0347. The van der Waals surface area contributed by atoms with Crippen LogP contribution in [0.5, 0.6) is 0 Å². The van der Waals surface area contributed by atoms with Gasteiger partial charge in [0, 0.05) is 28.7 Å². The minimum Gasteiger partial charge on any atom is -0.381 e. The molecule has 3 aromatic rings. The standard InChI is InChI=1S/C28H34ClN3O/c1-5-32(6-2)23-12-10-22(11-13-23)31-28-24-15-20(21-8-7-18(3)26(29)16-21)9-14-27(24)30-17-25(28)19(4)33/h7-9,14-17,22-23H,5-6,10-13H2,1-4H3,(H,30,31). The highest BCUT2D eigenvalue weighted by Crippen LogP contribution is 2.34. The van der Waals surface area contributed by atoms with Crippen molar-refractivity contribution in [2.75, 3.05) is 18.4 Å². The van der Waals surface area contributed by atoms with Crippen LogP contribution in [0.1, 0.15) is 62.4 Å². The largest absolute Gasteiger partial charge is 0.381 e. The van der Waals surface area contributed by atoms with Gasteiger partial charge in [-0.3, -0.25) is 9.78 Å². The third-order valence-corrected chi connectivity index (χ3v) is 7.53. The van der Waals surface area contributed by atoms with Crippen LogP contribution in [0.4, 0.5) is 5.69 Å². The number of hydrogen-bond donors (Lipinski definition) is 1. The maximum atomic E-state index is 12.5. The number of ketones is 1. The Morgan fingerprint density at radius 1 is 1.06 bits per heavy atom. The molecule has 1 aliphatic rings. The van der Waals surface area contributed by atoms with Crippen LogP contribution in [0.2, 0.25) is 5.02 Å². The summed E-state index contributed by atoms with van der Waals surface area (Å²) >= 11 is 6.39. The quantitative estimate of drug-likeness (QED) is 0.378. The van der Waals surface area contributed by atoms with Gasteiger partial charge < -0.3 is 10.2 Å². The number of carbonyl (C=O) groups excluding carboxylic acids is 1. The summed E-state index contributed by atoms with van der Waals surface area (Å²) in [7, 11) is 0. The second kappa shape index (κ2) is 10.2. The van der Waals surface area contributed by atoms with Crippen LogP contribution in [0.3, 0.4) is 0 Å². The number of rotatable bonds is 7. The Hall–Kier alpha value is -2.43. The molecule has 0 aliphatic heterocycles. The average molecular weight is 464 g/mol. The lowest BCUT2D eigenvalue weighted by Gasteiger charge is -2.36. The van der Waals surface area contributed by atoms with E-state index in [1.807, 2.05) is 25.1 Å². The van der Waals surface area contributed by atoms with Gasteiger partial charge in [-0.05, 0) is 87.5 Å². The zero-order valence-electron chi connectivity index (χ0n) is 20.1. The number of nitrogens with one attached hydrogen (secondary N) is 1. The number of Topliss-reactive ketones (excluding diaryl/α,β-unsaturated/α-hetero) is 1. The highest BCUT2D eigenvalue weighted by atomic mass is 35.5. The van der Waals surface area contributed by atoms with Crippen molar-refractivity contribution in [2.24, 2.45) is 0 Å². The number of aryl methyl sites for hydroxylation is 1. The first-order valence-electron chi connectivity index (χ1n) is 12.1. The van der Waals surface area contributed by atoms with Gasteiger partial charge in [0.25, 0.3) is 0 Å². The minimum absolute atomic E-state index is 0.0347. The molecule has 0 saturated heterocycles. The number of fused-ring (bicyclic) bond motifs is 1. The lowest BCUT2D eigenvalue weighted by atomic mass is 9.89. The molecule has 1 aliphatic carbocycles. The summed E-state index contributed by atoms with van der Waals surface area (Å²) < 4.78 is 0. The second-order valence-corrected chi connectivity index (χ2v) is 9.58. The van der Waals surface area contributed by atoms with E-state index < -0.39 is 0 Å². The Labute approximate surface area is 202 Å². The fourth-order valence-corrected chi connectivity index (χ4v) is 5.28. The van der Waals surface area contributed by atoms with Gasteiger partial charge in [-0.15, -0.1) is 0 Å². The molecule has 174 valence electrons. The molecule has 0 atom stereocenters. The number of aromatic nitrogens is 1. The predicted octanol–water partition coefficient (Wildman–Crippen LogP) is 7.13. The summed E-state index contributed by atoms with van der Waals surface area (Å²) in [6.45, 7) is 10.3. The van der Waals surface area contributed by atoms with Gasteiger partial charge in [0.05, 0.1) is 16.8 Å². The molecule has 33 heavy (non-hydrogen) atoms. The molecule has 1 saturated carbocycles. The van der Waals surface area contributed by atoms with Crippen LogP contribution < -0.4 is 5.32 Å². The van der Waals surface area contributed by atoms with E-state index in [1.165, 1.54) is 12.8 Å². The van der Waals surface area contributed by atoms with E-state index >= 15 is 0 Å². The highest BCUT2D eigenvalue weighted by molar-refractivity contribution is 6.31. The van der Waals surface area contributed by atoms with Crippen LogP contribution in [0, 0.1) is 6.92 Å². The smallest absolute Gasteiger partial charge is 0.163 e. The van der Waals surface area contributed by atoms with E-state index in [1.54, 1.807) is 13.1 Å². The van der Waals surface area contributed by atoms with E-state index in [0.717, 1.165) is 64.2 Å². The average Bonchev–Trinajstić information content (AvgIpc) is 2.82. The first-order chi connectivity index (χ1) is 15.9. The molecular weight excluding hydrogens is 430 g/mol. The molecule has 0 bridgehead atoms. The molecule has 4 nitrogen and oxygen atoms in total. The monoisotopic (exact) mass is 463 g/mol. The van der Waals surface area contributed by atoms with E-state index in [0.29, 0.717) is 17.6 Å². The first kappa shape index (κ1) is 23.7. The molecular formula is C28H34ClN3O. The number of pyridine rings is 1. The van der Waals surface area contributed by atoms with Gasteiger partial charge in [0.1, 0.15) is 0 Å². The van der Waals surface area contributed by atoms with Crippen molar-refractivity contribution in [3.63, 3.8) is 0 Å². The first-order valence-corrected chi connectivity index (χ1v) is 12.5. The van der Waals surface area contributed by atoms with Gasteiger partial charge in [0.15, 0.2) is 5.78 Å². The molecule has 1 N–H and O–H groups in total. The Morgan fingerprint density at radius 3 is 2.36 bits per heavy atom. The Morgan fingerprint density at radius 2 is 1.73 bits per heavy atom. The molecule has 1 fully saturated rings. The zero-order valence-corrected chi connectivity index (χ0v) is 20.9. The van der Waals surface area contributed by atoms with Gasteiger partial charge in [-0.2, -0.15) is 0 Å². The van der Waals surface area contributed by atoms with E-state index in [9.17, 15) is 4.79 Å². The summed E-state index contributed by atoms with van der Waals surface area (Å²) in [6, 6.07) is 13.4. The van der Waals surface area contributed by atoms with Crippen LogP contribution in [0.15, 0.2) is 42.6 Å². The number of benzene rings is 2. The van der Waals surface area contributed by atoms with Crippen molar-refractivity contribution in [3.05, 3.63) is 58.7 Å². The zero-order chi connectivity index (χ0) is 23.5. The Kier molecular flexibility index (Phi) is 7.35. The molecule has 1 aromatic heterocycles. The van der Waals surface area contributed by atoms with Gasteiger partial charge in [-0.25, -0.2) is 0 Å². The van der Waals surface area contributed by atoms with Crippen molar-refractivity contribution in [1.82, 2.24) is 9.88 Å². The number of nitrogens with zero attached hydrogens (tertiary/aromatic N) is 2. The highest BCUT2D eigenvalue weighted by Gasteiger charge is 2.26. The van der Waals surface area contributed by atoms with Crippen LogP contribution >= 0.6 is 11.6 Å². The van der Waals surface area contributed by atoms with E-state index in [-0.39, 0.29) is 5.78 Å². The van der Waals surface area contributed by atoms with Gasteiger partial charge >= 0.3 is 0 Å². The summed E-state index contributed by atoms with van der Waals surface area (Å²) in [5, 5.41) is 5.51. The predicted molar refractivity (Wildman–Crippen MR) is 140 cm³/mol. The fraction of sp³-hybridized carbons (Fsp3) is 0.429. The normalized spacial score (nSPS) is 18.6. The summed E-state index contributed by atoms with van der Waals surface area (Å²) in [5.41, 5.74) is 5.66. The second-order valence-electron chi connectivity index (χ2n) is 9.17. The molecule has 5 heteroatoms. The molecule has 1 heterocycles. The summed E-state index contributed by atoms with van der Waals surface area (Å²) in [6.07, 6.45) is 6.30. The number of anilines is 1. The summed E-state index contributed by atoms with van der Waals surface area (Å²) in [4.78, 5) is 19.7. The van der Waals surface area contributed by atoms with Crippen molar-refractivity contribution >= 4 is 34.0 Å². The molecule has 0 radical (unpaired) electrons. The number of hydrogen-bond acceptors (Lipinski definition) is 4. The van der Waals surface area contributed by atoms with Crippen molar-refractivity contribution in [3.8, 4) is 11.1 Å². The van der Waals surface area contributed by atoms with E-state index in [2.05, 4.69) is 47.2 Å². The maximum Gasteiger partial charge on any atom is 0.163 e. The number of halogens is 1.